The lowest BCUT2D eigenvalue weighted by Gasteiger charge is -2.07. The highest BCUT2D eigenvalue weighted by molar-refractivity contribution is 5.41. The van der Waals surface area contributed by atoms with Gasteiger partial charge in [0.15, 0.2) is 0 Å². The first kappa shape index (κ1) is 18.1. The first-order valence-corrected chi connectivity index (χ1v) is 9.78. The molecular weight excluding hydrogens is 338 g/mol. The Kier molecular flexibility index (Phi) is 5.53. The molecule has 2 N–H and O–H groups in total. The molecule has 0 fully saturated rings. The third-order valence-corrected chi connectivity index (χ3v) is 5.09. The Morgan fingerprint density at radius 2 is 0.643 bits per heavy atom. The van der Waals surface area contributed by atoms with E-state index in [9.17, 15) is 0 Å². The summed E-state index contributed by atoms with van der Waals surface area (Å²) in [5.41, 5.74) is 14.6. The second-order valence-corrected chi connectivity index (χ2v) is 7.39. The molecule has 138 valence electrons. The molecule has 1 heteroatoms. The Hall–Kier alpha value is -3.32. The molecule has 0 aliphatic heterocycles. The summed E-state index contributed by atoms with van der Waals surface area (Å²) >= 11 is 0. The molecule has 0 aliphatic rings. The van der Waals surface area contributed by atoms with Crippen molar-refractivity contribution in [3.8, 4) is 0 Å². The van der Waals surface area contributed by atoms with Crippen molar-refractivity contribution in [2.24, 2.45) is 0 Å². The van der Waals surface area contributed by atoms with Crippen LogP contribution in [0.2, 0.25) is 0 Å². The van der Waals surface area contributed by atoms with Gasteiger partial charge >= 0.3 is 0 Å². The molecule has 0 saturated carbocycles. The Labute approximate surface area is 167 Å². The van der Waals surface area contributed by atoms with E-state index in [0.717, 1.165) is 24.9 Å². The predicted molar refractivity (Wildman–Crippen MR) is 119 cm³/mol. The van der Waals surface area contributed by atoms with Crippen LogP contribution in [0.1, 0.15) is 33.4 Å². The summed E-state index contributed by atoms with van der Waals surface area (Å²) in [6, 6.07) is 36.7. The average molecular weight is 364 g/mol. The fraction of sp³-hybridized carbons (Fsp3) is 0.111. The van der Waals surface area contributed by atoms with Crippen molar-refractivity contribution in [2.45, 2.75) is 19.3 Å². The maximum absolute atomic E-state index is 5.76. The summed E-state index contributed by atoms with van der Waals surface area (Å²) in [5.74, 6) is 0. The molecule has 0 aromatic heterocycles. The van der Waals surface area contributed by atoms with E-state index >= 15 is 0 Å². The van der Waals surface area contributed by atoms with Gasteiger partial charge < -0.3 is 5.73 Å². The van der Waals surface area contributed by atoms with Crippen molar-refractivity contribution >= 4 is 5.69 Å². The van der Waals surface area contributed by atoms with Gasteiger partial charge in [0, 0.05) is 5.69 Å². The third kappa shape index (κ3) is 4.89. The van der Waals surface area contributed by atoms with Crippen LogP contribution in [0.4, 0.5) is 5.69 Å². The lowest BCUT2D eigenvalue weighted by atomic mass is 9.98. The van der Waals surface area contributed by atoms with Crippen LogP contribution in [0.3, 0.4) is 0 Å². The number of rotatable bonds is 6. The smallest absolute Gasteiger partial charge is 0.0314 e. The SMILES string of the molecule is Nc1ccc(Cc2ccc(Cc3ccc(Cc4ccccc4)cc3)cc2)cc1. The van der Waals surface area contributed by atoms with Gasteiger partial charge in [0.05, 0.1) is 0 Å². The van der Waals surface area contributed by atoms with Crippen LogP contribution in [0.5, 0.6) is 0 Å². The summed E-state index contributed by atoms with van der Waals surface area (Å²) in [6.07, 6.45) is 2.89. The monoisotopic (exact) mass is 363 g/mol. The van der Waals surface area contributed by atoms with Crippen LogP contribution in [0.25, 0.3) is 0 Å². The zero-order valence-electron chi connectivity index (χ0n) is 16.0. The topological polar surface area (TPSA) is 26.0 Å². The molecule has 0 spiro atoms. The van der Waals surface area contributed by atoms with Gasteiger partial charge in [-0.2, -0.15) is 0 Å². The fourth-order valence-electron chi connectivity index (χ4n) is 3.49. The molecule has 0 saturated heterocycles. The van der Waals surface area contributed by atoms with Crippen LogP contribution in [-0.2, 0) is 19.3 Å². The van der Waals surface area contributed by atoms with Gasteiger partial charge in [0.2, 0.25) is 0 Å². The zero-order chi connectivity index (χ0) is 19.2. The van der Waals surface area contributed by atoms with E-state index in [1.165, 1.54) is 33.4 Å². The predicted octanol–water partition coefficient (Wildman–Crippen LogP) is 6.04. The molecule has 0 radical (unpaired) electrons. The largest absolute Gasteiger partial charge is 0.399 e. The van der Waals surface area contributed by atoms with E-state index in [0.29, 0.717) is 0 Å². The molecule has 28 heavy (non-hydrogen) atoms. The number of anilines is 1. The van der Waals surface area contributed by atoms with E-state index in [1.807, 2.05) is 12.1 Å². The molecule has 0 bridgehead atoms. The van der Waals surface area contributed by atoms with Crippen LogP contribution < -0.4 is 5.73 Å². The van der Waals surface area contributed by atoms with Crippen molar-refractivity contribution < 1.29 is 0 Å². The molecule has 4 aromatic rings. The Morgan fingerprint density at radius 1 is 0.357 bits per heavy atom. The number of nitrogens with two attached hydrogens (primary N) is 1. The Morgan fingerprint density at radius 3 is 1.00 bits per heavy atom. The van der Waals surface area contributed by atoms with Gasteiger partial charge in [-0.3, -0.25) is 0 Å². The summed E-state index contributed by atoms with van der Waals surface area (Å²) in [5, 5.41) is 0. The van der Waals surface area contributed by atoms with Crippen molar-refractivity contribution in [2.75, 3.05) is 5.73 Å². The first-order chi connectivity index (χ1) is 13.7. The molecule has 4 aromatic carbocycles. The maximum Gasteiger partial charge on any atom is 0.0314 e. The first-order valence-electron chi connectivity index (χ1n) is 9.78. The molecule has 0 atom stereocenters. The van der Waals surface area contributed by atoms with E-state index in [4.69, 9.17) is 5.73 Å². The van der Waals surface area contributed by atoms with Gasteiger partial charge in [0.1, 0.15) is 0 Å². The van der Waals surface area contributed by atoms with Crippen molar-refractivity contribution in [3.05, 3.63) is 137 Å². The molecule has 0 aliphatic carbocycles. The number of hydrogen-bond donors (Lipinski definition) is 1. The van der Waals surface area contributed by atoms with Crippen molar-refractivity contribution in [1.29, 1.82) is 0 Å². The van der Waals surface area contributed by atoms with E-state index in [2.05, 4.69) is 91.0 Å². The van der Waals surface area contributed by atoms with E-state index < -0.39 is 0 Å². The van der Waals surface area contributed by atoms with Gasteiger partial charge in [0.25, 0.3) is 0 Å². The average Bonchev–Trinajstić information content (AvgIpc) is 2.73. The normalized spacial score (nSPS) is 10.7. The van der Waals surface area contributed by atoms with E-state index in [-0.39, 0.29) is 0 Å². The van der Waals surface area contributed by atoms with Gasteiger partial charge in [-0.05, 0) is 64.8 Å². The number of hydrogen-bond acceptors (Lipinski definition) is 1. The highest BCUT2D eigenvalue weighted by Gasteiger charge is 2.01. The molecular formula is C27H25N. The van der Waals surface area contributed by atoms with Crippen LogP contribution in [0.15, 0.2) is 103 Å². The lowest BCUT2D eigenvalue weighted by Crippen LogP contribution is -1.93. The fourth-order valence-corrected chi connectivity index (χ4v) is 3.49. The molecule has 0 unspecified atom stereocenters. The molecule has 0 amide bonds. The van der Waals surface area contributed by atoms with E-state index in [1.54, 1.807) is 0 Å². The third-order valence-electron chi connectivity index (χ3n) is 5.09. The summed E-state index contributed by atoms with van der Waals surface area (Å²) in [4.78, 5) is 0. The lowest BCUT2D eigenvalue weighted by molar-refractivity contribution is 1.14. The Balaban J connectivity index is 1.36. The maximum atomic E-state index is 5.76. The highest BCUT2D eigenvalue weighted by atomic mass is 14.5. The molecule has 4 rings (SSSR count). The molecule has 0 heterocycles. The second-order valence-electron chi connectivity index (χ2n) is 7.39. The minimum absolute atomic E-state index is 0.814. The van der Waals surface area contributed by atoms with Gasteiger partial charge in [-0.15, -0.1) is 0 Å². The highest BCUT2D eigenvalue weighted by Crippen LogP contribution is 2.16. The number of nitrogen functional groups attached to an aromatic ring is 1. The minimum atomic E-state index is 0.814. The second kappa shape index (κ2) is 8.58. The zero-order valence-corrected chi connectivity index (χ0v) is 16.0. The van der Waals surface area contributed by atoms with Crippen LogP contribution in [0, 0.1) is 0 Å². The Bertz CT molecular complexity index is 999. The molecule has 1 nitrogen and oxygen atoms in total. The summed E-state index contributed by atoms with van der Waals surface area (Å²) < 4.78 is 0. The van der Waals surface area contributed by atoms with Crippen LogP contribution in [-0.4, -0.2) is 0 Å². The van der Waals surface area contributed by atoms with Crippen molar-refractivity contribution in [3.63, 3.8) is 0 Å². The summed E-state index contributed by atoms with van der Waals surface area (Å²) in [6.45, 7) is 0. The van der Waals surface area contributed by atoms with Gasteiger partial charge in [-0.25, -0.2) is 0 Å². The quantitative estimate of drug-likeness (QED) is 0.415. The van der Waals surface area contributed by atoms with Crippen molar-refractivity contribution in [1.82, 2.24) is 0 Å². The van der Waals surface area contributed by atoms with Crippen LogP contribution >= 0.6 is 0 Å². The summed E-state index contributed by atoms with van der Waals surface area (Å²) in [7, 11) is 0. The van der Waals surface area contributed by atoms with Gasteiger partial charge in [-0.1, -0.05) is 91.0 Å². The standard InChI is InChI=1S/C27H25N/c28-27-16-14-26(15-17-27)20-25-12-10-24(11-13-25)19-23-8-6-22(7-9-23)18-21-4-2-1-3-5-21/h1-17H,18-20,28H2. The minimum Gasteiger partial charge on any atom is -0.399 e. The number of benzene rings is 4.